The van der Waals surface area contributed by atoms with Gasteiger partial charge in [-0.2, -0.15) is 0 Å². The van der Waals surface area contributed by atoms with Gasteiger partial charge in [-0.1, -0.05) is 170 Å². The Morgan fingerprint density at radius 2 is 0.826 bits per heavy atom. The summed E-state index contributed by atoms with van der Waals surface area (Å²) >= 11 is 0. The molecule has 0 saturated carbocycles. The average molecular weight is 883 g/mol. The highest BCUT2D eigenvalue weighted by atomic mass is 16.3. The highest BCUT2D eigenvalue weighted by molar-refractivity contribution is 6.18. The number of nitrogens with zero attached hydrogens (tertiary/aromatic N) is 4. The van der Waals surface area contributed by atoms with E-state index < -0.39 is 0 Å². The number of aromatic nitrogens is 4. The van der Waals surface area contributed by atoms with Crippen molar-refractivity contribution in [1.82, 2.24) is 19.5 Å². The summed E-state index contributed by atoms with van der Waals surface area (Å²) in [5.74, 6) is 1.85. The first-order valence-corrected chi connectivity index (χ1v) is 23.2. The molecule has 4 aromatic heterocycles. The predicted molar refractivity (Wildman–Crippen MR) is 281 cm³/mol. The Balaban J connectivity index is 0.926. The minimum Gasteiger partial charge on any atom is -0.456 e. The van der Waals surface area contributed by atoms with Crippen molar-refractivity contribution in [3.8, 4) is 73.2 Å². The Labute approximate surface area is 396 Å². The monoisotopic (exact) mass is 882 g/mol. The van der Waals surface area contributed by atoms with Crippen LogP contribution in [0.2, 0.25) is 0 Å². The fraction of sp³-hybridized carbons (Fsp3) is 0. The Bertz CT molecular complexity index is 4250. The maximum atomic E-state index is 6.89. The van der Waals surface area contributed by atoms with Crippen LogP contribution in [0.15, 0.2) is 239 Å². The summed E-state index contributed by atoms with van der Waals surface area (Å²) in [6.07, 6.45) is 0. The second-order valence-corrected chi connectivity index (χ2v) is 17.5. The van der Waals surface area contributed by atoms with E-state index in [9.17, 15) is 0 Å². The Morgan fingerprint density at radius 1 is 0.290 bits per heavy atom. The summed E-state index contributed by atoms with van der Waals surface area (Å²) in [6.45, 7) is 0. The molecule has 0 bridgehead atoms. The predicted octanol–water partition coefficient (Wildman–Crippen LogP) is 16.8. The standard InChI is InChI=1S/C63H38N4O2/c1-4-16-39(17-5-1)42-30-34-53-50(37-42)48-24-10-12-26-52(48)67(53)54-27-15-29-57-59(54)51-38-44(31-35-56(51)68-57)47-33-32-46(58-49-25-11-13-28-55(49)69-60(47)58)43-22-14-23-45(36-43)63-65-61(40-18-6-2-7-19-40)64-62(66-63)41-20-8-3-9-21-41/h1-38H. The van der Waals surface area contributed by atoms with E-state index in [2.05, 4.69) is 162 Å². The van der Waals surface area contributed by atoms with Gasteiger partial charge in [0.2, 0.25) is 0 Å². The zero-order valence-electron chi connectivity index (χ0n) is 37.0. The molecule has 0 N–H and O–H groups in total. The summed E-state index contributed by atoms with van der Waals surface area (Å²) in [5, 5.41) is 6.60. The third-order valence-corrected chi connectivity index (χ3v) is 13.5. The largest absolute Gasteiger partial charge is 0.456 e. The van der Waals surface area contributed by atoms with Crippen LogP contribution in [0.4, 0.5) is 0 Å². The van der Waals surface area contributed by atoms with Crippen LogP contribution in [0.5, 0.6) is 0 Å². The lowest BCUT2D eigenvalue weighted by Gasteiger charge is -2.12. The number of rotatable bonds is 7. The van der Waals surface area contributed by atoms with Gasteiger partial charge in [0.05, 0.1) is 22.1 Å². The molecule has 0 saturated heterocycles. The number of hydrogen-bond donors (Lipinski definition) is 0. The van der Waals surface area contributed by atoms with Crippen LogP contribution in [0, 0.1) is 0 Å². The minimum atomic E-state index is 0.604. The summed E-state index contributed by atoms with van der Waals surface area (Å²) in [4.78, 5) is 15.0. The second-order valence-electron chi connectivity index (χ2n) is 17.5. The van der Waals surface area contributed by atoms with Crippen LogP contribution in [0.25, 0.3) is 139 Å². The molecule has 6 heteroatoms. The van der Waals surface area contributed by atoms with Gasteiger partial charge in [0.1, 0.15) is 22.3 Å². The van der Waals surface area contributed by atoms with E-state index in [0.717, 1.165) is 99.5 Å². The van der Waals surface area contributed by atoms with Gasteiger partial charge in [-0.05, 0) is 88.5 Å². The van der Waals surface area contributed by atoms with E-state index in [1.54, 1.807) is 0 Å². The SMILES string of the molecule is c1ccc(-c2ccc3c(c2)c2ccccc2n3-c2cccc3oc4ccc(-c5ccc(-c6cccc(-c7nc(-c8ccccc8)nc(-c8ccccc8)n7)c6)c6c5oc5ccccc56)cc4c23)cc1. The highest BCUT2D eigenvalue weighted by Crippen LogP contribution is 2.45. The molecular weight excluding hydrogens is 845 g/mol. The van der Waals surface area contributed by atoms with Gasteiger partial charge in [-0.3, -0.25) is 0 Å². The molecule has 0 spiro atoms. The molecule has 14 rings (SSSR count). The van der Waals surface area contributed by atoms with Gasteiger partial charge in [0, 0.05) is 49.2 Å². The highest BCUT2D eigenvalue weighted by Gasteiger charge is 2.22. The van der Waals surface area contributed by atoms with E-state index in [4.69, 9.17) is 23.8 Å². The normalized spacial score (nSPS) is 11.8. The van der Waals surface area contributed by atoms with E-state index in [0.29, 0.717) is 17.5 Å². The average Bonchev–Trinajstić information content (AvgIpc) is 4.11. The van der Waals surface area contributed by atoms with Crippen LogP contribution in [-0.4, -0.2) is 19.5 Å². The van der Waals surface area contributed by atoms with Crippen LogP contribution in [-0.2, 0) is 0 Å². The first kappa shape index (κ1) is 38.8. The van der Waals surface area contributed by atoms with Crippen LogP contribution in [0.3, 0.4) is 0 Å². The third-order valence-electron chi connectivity index (χ3n) is 13.5. The lowest BCUT2D eigenvalue weighted by Crippen LogP contribution is -2.00. The number of para-hydroxylation sites is 2. The Hall–Kier alpha value is -9.39. The summed E-state index contributed by atoms with van der Waals surface area (Å²) in [7, 11) is 0. The molecule has 69 heavy (non-hydrogen) atoms. The van der Waals surface area contributed by atoms with Crippen molar-refractivity contribution in [3.63, 3.8) is 0 Å². The van der Waals surface area contributed by atoms with Gasteiger partial charge in [0.15, 0.2) is 17.5 Å². The molecule has 0 fully saturated rings. The van der Waals surface area contributed by atoms with E-state index in [1.165, 1.54) is 21.9 Å². The molecular formula is C63H38N4O2. The maximum Gasteiger partial charge on any atom is 0.164 e. The fourth-order valence-corrected chi connectivity index (χ4v) is 10.3. The molecule has 0 amide bonds. The van der Waals surface area contributed by atoms with Crippen molar-refractivity contribution in [2.45, 2.75) is 0 Å². The van der Waals surface area contributed by atoms with Crippen molar-refractivity contribution in [3.05, 3.63) is 231 Å². The molecule has 10 aromatic carbocycles. The molecule has 0 aliphatic rings. The summed E-state index contributed by atoms with van der Waals surface area (Å²) < 4.78 is 15.9. The second kappa shape index (κ2) is 15.6. The van der Waals surface area contributed by atoms with E-state index in [1.807, 2.05) is 72.8 Å². The molecule has 0 aliphatic heterocycles. The molecule has 6 nitrogen and oxygen atoms in total. The minimum absolute atomic E-state index is 0.604. The quantitative estimate of drug-likeness (QED) is 0.159. The Morgan fingerprint density at radius 3 is 1.59 bits per heavy atom. The first-order chi connectivity index (χ1) is 34.2. The molecule has 0 radical (unpaired) electrons. The molecule has 0 aliphatic carbocycles. The van der Waals surface area contributed by atoms with Crippen molar-refractivity contribution in [2.75, 3.05) is 0 Å². The van der Waals surface area contributed by atoms with Gasteiger partial charge in [-0.15, -0.1) is 0 Å². The van der Waals surface area contributed by atoms with Crippen molar-refractivity contribution in [2.24, 2.45) is 0 Å². The molecule has 0 unspecified atom stereocenters. The maximum absolute atomic E-state index is 6.89. The zero-order chi connectivity index (χ0) is 45.4. The van der Waals surface area contributed by atoms with Crippen LogP contribution in [0.1, 0.15) is 0 Å². The fourth-order valence-electron chi connectivity index (χ4n) is 10.3. The molecule has 0 atom stereocenters. The number of benzene rings is 10. The van der Waals surface area contributed by atoms with Crippen molar-refractivity contribution >= 4 is 65.7 Å². The molecule has 322 valence electrons. The van der Waals surface area contributed by atoms with Gasteiger partial charge in [0.25, 0.3) is 0 Å². The summed E-state index contributed by atoms with van der Waals surface area (Å²) in [5.41, 5.74) is 15.9. The topological polar surface area (TPSA) is 69.9 Å². The summed E-state index contributed by atoms with van der Waals surface area (Å²) in [6, 6.07) is 80.3. The van der Waals surface area contributed by atoms with E-state index in [-0.39, 0.29) is 0 Å². The smallest absolute Gasteiger partial charge is 0.164 e. The van der Waals surface area contributed by atoms with E-state index >= 15 is 0 Å². The molecule has 14 aromatic rings. The van der Waals surface area contributed by atoms with Gasteiger partial charge >= 0.3 is 0 Å². The third kappa shape index (κ3) is 6.38. The van der Waals surface area contributed by atoms with Crippen LogP contribution < -0.4 is 0 Å². The zero-order valence-corrected chi connectivity index (χ0v) is 37.0. The van der Waals surface area contributed by atoms with Gasteiger partial charge < -0.3 is 13.4 Å². The van der Waals surface area contributed by atoms with Gasteiger partial charge in [-0.25, -0.2) is 15.0 Å². The van der Waals surface area contributed by atoms with Crippen LogP contribution >= 0.6 is 0 Å². The lowest BCUT2D eigenvalue weighted by atomic mass is 9.93. The lowest BCUT2D eigenvalue weighted by molar-refractivity contribution is 0.668. The number of hydrogen-bond acceptors (Lipinski definition) is 5. The number of furan rings is 2. The first-order valence-electron chi connectivity index (χ1n) is 23.2. The molecule has 4 heterocycles. The number of fused-ring (bicyclic) bond motifs is 9. The Kier molecular flexibility index (Phi) is 8.79. The van der Waals surface area contributed by atoms with Crippen molar-refractivity contribution < 1.29 is 8.83 Å². The van der Waals surface area contributed by atoms with Crippen molar-refractivity contribution in [1.29, 1.82) is 0 Å².